The Morgan fingerprint density at radius 3 is 2.50 bits per heavy atom. The molecule has 0 saturated carbocycles. The Kier molecular flexibility index (Phi) is 9.19. The summed E-state index contributed by atoms with van der Waals surface area (Å²) in [7, 11) is 4.74. The molecule has 2 heterocycles. The summed E-state index contributed by atoms with van der Waals surface area (Å²) in [5, 5.41) is 2.93. The third-order valence-electron chi connectivity index (χ3n) is 6.59. The standard InChI is InChI=1S/C26H38N4O6/c1-7-36-25(32)22-20(16-29-11-8-12-30(14-13-29)24(31)17(2)3)28(4)26(33)27-23(22)19-15-18(34-5)9-10-21(19)35-6/h9-10,15,17,23H,7-8,11-14,16H2,1-6H3,(H,27,33). The lowest BCUT2D eigenvalue weighted by Gasteiger charge is -2.37. The zero-order chi connectivity index (χ0) is 26.4. The molecule has 1 N–H and O–H groups in total. The van der Waals surface area contributed by atoms with Crippen LogP contribution < -0.4 is 14.8 Å². The number of ether oxygens (including phenoxy) is 3. The van der Waals surface area contributed by atoms with E-state index in [4.69, 9.17) is 14.2 Å². The third kappa shape index (κ3) is 5.92. The number of hydrogen-bond acceptors (Lipinski definition) is 7. The van der Waals surface area contributed by atoms with Gasteiger partial charge in [-0.3, -0.25) is 14.6 Å². The predicted octanol–water partition coefficient (Wildman–Crippen LogP) is 2.41. The molecule has 1 aromatic carbocycles. The highest BCUT2D eigenvalue weighted by molar-refractivity contribution is 5.95. The number of likely N-dealkylation sites (N-methyl/N-ethyl adjacent to an activating group) is 1. The van der Waals surface area contributed by atoms with Crippen LogP contribution in [0.5, 0.6) is 11.5 Å². The topological polar surface area (TPSA) is 101 Å². The van der Waals surface area contributed by atoms with Crippen molar-refractivity contribution >= 4 is 17.9 Å². The third-order valence-corrected chi connectivity index (χ3v) is 6.59. The zero-order valence-electron chi connectivity index (χ0n) is 22.1. The van der Waals surface area contributed by atoms with Gasteiger partial charge < -0.3 is 24.4 Å². The molecule has 2 aliphatic rings. The minimum atomic E-state index is -0.779. The molecule has 1 fully saturated rings. The normalized spacial score (nSPS) is 19.2. The van der Waals surface area contributed by atoms with Crippen LogP contribution in [0.4, 0.5) is 4.79 Å². The van der Waals surface area contributed by atoms with Crippen molar-refractivity contribution in [2.45, 2.75) is 33.2 Å². The summed E-state index contributed by atoms with van der Waals surface area (Å²) >= 11 is 0. The highest BCUT2D eigenvalue weighted by Gasteiger charge is 2.39. The van der Waals surface area contributed by atoms with E-state index in [-0.39, 0.29) is 24.5 Å². The fourth-order valence-corrected chi connectivity index (χ4v) is 4.62. The van der Waals surface area contributed by atoms with Gasteiger partial charge in [-0.2, -0.15) is 0 Å². The van der Waals surface area contributed by atoms with E-state index >= 15 is 0 Å². The maximum Gasteiger partial charge on any atom is 0.338 e. The van der Waals surface area contributed by atoms with Crippen molar-refractivity contribution in [3.05, 3.63) is 35.0 Å². The van der Waals surface area contributed by atoms with Crippen molar-refractivity contribution in [1.29, 1.82) is 0 Å². The van der Waals surface area contributed by atoms with E-state index in [2.05, 4.69) is 10.2 Å². The average Bonchev–Trinajstić information content (AvgIpc) is 3.11. The molecule has 1 unspecified atom stereocenters. The average molecular weight is 503 g/mol. The summed E-state index contributed by atoms with van der Waals surface area (Å²) in [5.74, 6) is 0.681. The van der Waals surface area contributed by atoms with Crippen LogP contribution in [0.25, 0.3) is 0 Å². The van der Waals surface area contributed by atoms with Gasteiger partial charge >= 0.3 is 12.0 Å². The molecule has 198 valence electrons. The second-order valence-corrected chi connectivity index (χ2v) is 9.24. The largest absolute Gasteiger partial charge is 0.497 e. The molecule has 0 bridgehead atoms. The van der Waals surface area contributed by atoms with E-state index in [0.717, 1.165) is 13.0 Å². The van der Waals surface area contributed by atoms with Crippen molar-refractivity contribution in [2.24, 2.45) is 5.92 Å². The number of nitrogens with zero attached hydrogens (tertiary/aromatic N) is 3. The first-order valence-electron chi connectivity index (χ1n) is 12.4. The number of esters is 1. The Bertz CT molecular complexity index is 1010. The van der Waals surface area contributed by atoms with E-state index < -0.39 is 12.0 Å². The first-order chi connectivity index (χ1) is 17.2. The Morgan fingerprint density at radius 1 is 1.11 bits per heavy atom. The molecule has 1 aromatic rings. The molecule has 1 atom stereocenters. The number of rotatable bonds is 8. The Balaban J connectivity index is 2.01. The quantitative estimate of drug-likeness (QED) is 0.545. The van der Waals surface area contributed by atoms with Crippen LogP contribution in [0.3, 0.4) is 0 Å². The number of hydrogen-bond donors (Lipinski definition) is 1. The van der Waals surface area contributed by atoms with E-state index in [1.807, 2.05) is 18.7 Å². The number of amides is 3. The van der Waals surface area contributed by atoms with Crippen LogP contribution in [-0.2, 0) is 14.3 Å². The zero-order valence-corrected chi connectivity index (χ0v) is 22.1. The van der Waals surface area contributed by atoms with Gasteiger partial charge in [0.2, 0.25) is 5.91 Å². The van der Waals surface area contributed by atoms with Gasteiger partial charge in [0, 0.05) is 56.9 Å². The van der Waals surface area contributed by atoms with E-state index in [1.54, 1.807) is 39.3 Å². The molecular formula is C26H38N4O6. The smallest absolute Gasteiger partial charge is 0.338 e. The minimum Gasteiger partial charge on any atom is -0.497 e. The van der Waals surface area contributed by atoms with Crippen LogP contribution in [0.2, 0.25) is 0 Å². The molecular weight excluding hydrogens is 464 g/mol. The van der Waals surface area contributed by atoms with Crippen LogP contribution >= 0.6 is 0 Å². The SMILES string of the molecule is CCOC(=O)C1=C(CN2CCCN(C(=O)C(C)C)CC2)N(C)C(=O)NC1c1cc(OC)ccc1OC. The van der Waals surface area contributed by atoms with Crippen LogP contribution in [0, 0.1) is 5.92 Å². The van der Waals surface area contributed by atoms with Gasteiger partial charge in [0.15, 0.2) is 0 Å². The van der Waals surface area contributed by atoms with Gasteiger partial charge in [0.1, 0.15) is 11.5 Å². The predicted molar refractivity (Wildman–Crippen MR) is 135 cm³/mol. The van der Waals surface area contributed by atoms with E-state index in [9.17, 15) is 14.4 Å². The van der Waals surface area contributed by atoms with Crippen molar-refractivity contribution < 1.29 is 28.6 Å². The van der Waals surface area contributed by atoms with Crippen LogP contribution in [-0.4, -0.2) is 93.2 Å². The maximum absolute atomic E-state index is 13.3. The first-order valence-corrected chi connectivity index (χ1v) is 12.4. The summed E-state index contributed by atoms with van der Waals surface area (Å²) in [6, 6.07) is 4.15. The summed E-state index contributed by atoms with van der Waals surface area (Å²) in [6.07, 6.45) is 0.809. The summed E-state index contributed by atoms with van der Waals surface area (Å²) in [4.78, 5) is 44.5. The second-order valence-electron chi connectivity index (χ2n) is 9.24. The minimum absolute atomic E-state index is 0.0542. The Labute approximate surface area is 213 Å². The number of carbonyl (C=O) groups is 3. The van der Waals surface area contributed by atoms with Crippen molar-refractivity contribution in [2.75, 3.05) is 60.6 Å². The second kappa shape index (κ2) is 12.1. The fourth-order valence-electron chi connectivity index (χ4n) is 4.62. The highest BCUT2D eigenvalue weighted by atomic mass is 16.5. The van der Waals surface area contributed by atoms with Crippen molar-refractivity contribution in [3.8, 4) is 11.5 Å². The van der Waals surface area contributed by atoms with Crippen LogP contribution in [0.15, 0.2) is 29.5 Å². The van der Waals surface area contributed by atoms with E-state index in [0.29, 0.717) is 54.5 Å². The van der Waals surface area contributed by atoms with Gasteiger partial charge in [-0.05, 0) is 31.5 Å². The van der Waals surface area contributed by atoms with Crippen molar-refractivity contribution in [1.82, 2.24) is 20.0 Å². The molecule has 0 spiro atoms. The highest BCUT2D eigenvalue weighted by Crippen LogP contribution is 2.37. The molecule has 3 amide bonds. The lowest BCUT2D eigenvalue weighted by atomic mass is 9.93. The summed E-state index contributed by atoms with van der Waals surface area (Å²) in [6.45, 7) is 8.80. The number of methoxy groups -OCH3 is 2. The van der Waals surface area contributed by atoms with Gasteiger partial charge in [0.05, 0.1) is 32.4 Å². The molecule has 1 saturated heterocycles. The molecule has 0 radical (unpaired) electrons. The van der Waals surface area contributed by atoms with E-state index in [1.165, 1.54) is 12.0 Å². The Morgan fingerprint density at radius 2 is 1.86 bits per heavy atom. The maximum atomic E-state index is 13.3. The number of carbonyl (C=O) groups excluding carboxylic acids is 3. The Hall–Kier alpha value is -3.27. The molecule has 10 heteroatoms. The van der Waals surface area contributed by atoms with Gasteiger partial charge in [-0.1, -0.05) is 13.8 Å². The number of urea groups is 1. The molecule has 2 aliphatic heterocycles. The molecule has 3 rings (SSSR count). The monoisotopic (exact) mass is 502 g/mol. The van der Waals surface area contributed by atoms with Crippen LogP contribution in [0.1, 0.15) is 38.8 Å². The summed E-state index contributed by atoms with van der Waals surface area (Å²) in [5.41, 5.74) is 1.52. The first kappa shape index (κ1) is 27.3. The molecule has 0 aromatic heterocycles. The number of nitrogens with one attached hydrogen (secondary N) is 1. The lowest BCUT2D eigenvalue weighted by molar-refractivity contribution is -0.139. The molecule has 0 aliphatic carbocycles. The molecule has 36 heavy (non-hydrogen) atoms. The fraction of sp³-hybridized carbons (Fsp3) is 0.577. The van der Waals surface area contributed by atoms with Crippen molar-refractivity contribution in [3.63, 3.8) is 0 Å². The number of benzene rings is 1. The summed E-state index contributed by atoms with van der Waals surface area (Å²) < 4.78 is 16.4. The lowest BCUT2D eigenvalue weighted by Crippen LogP contribution is -2.49. The van der Waals surface area contributed by atoms with Gasteiger partial charge in [-0.25, -0.2) is 9.59 Å². The molecule has 10 nitrogen and oxygen atoms in total. The van der Waals surface area contributed by atoms with Gasteiger partial charge in [0.25, 0.3) is 0 Å². The van der Waals surface area contributed by atoms with Gasteiger partial charge in [-0.15, -0.1) is 0 Å².